The number of phenols is 1. The number of carbonyl (C=O) groups excluding carboxylic acids is 1. The summed E-state index contributed by atoms with van der Waals surface area (Å²) >= 11 is 6.28. The fourth-order valence-corrected chi connectivity index (χ4v) is 2.32. The molecule has 1 aromatic carbocycles. The molecule has 1 N–H and O–H groups in total. The number of hydrazone groups is 1. The van der Waals surface area contributed by atoms with Crippen molar-refractivity contribution < 1.29 is 14.6 Å². The van der Waals surface area contributed by atoms with Crippen molar-refractivity contribution in [2.45, 2.75) is 0 Å². The van der Waals surface area contributed by atoms with Gasteiger partial charge in [-0.25, -0.2) is 0 Å². The number of thioether (sulfide) groups is 1. The van der Waals surface area contributed by atoms with Gasteiger partial charge in [-0.1, -0.05) is 24.0 Å². The molecule has 18 heavy (non-hydrogen) atoms. The maximum atomic E-state index is 11.4. The molecule has 0 saturated carbocycles. The summed E-state index contributed by atoms with van der Waals surface area (Å²) in [7, 11) is 1.46. The first-order valence-electron chi connectivity index (χ1n) is 5.02. The molecular weight excluding hydrogens is 272 g/mol. The second kappa shape index (κ2) is 5.36. The molecule has 0 spiro atoms. The van der Waals surface area contributed by atoms with Gasteiger partial charge in [0.05, 0.1) is 19.1 Å². The quantitative estimate of drug-likeness (QED) is 0.674. The van der Waals surface area contributed by atoms with Gasteiger partial charge in [0.25, 0.3) is 5.91 Å². The van der Waals surface area contributed by atoms with Crippen LogP contribution in [0.3, 0.4) is 0 Å². The van der Waals surface area contributed by atoms with Crippen molar-refractivity contribution in [3.63, 3.8) is 0 Å². The summed E-state index contributed by atoms with van der Waals surface area (Å²) in [4.78, 5) is 11.4. The third-order valence-electron chi connectivity index (χ3n) is 2.25. The van der Waals surface area contributed by atoms with Crippen LogP contribution in [-0.4, -0.2) is 39.4 Å². The van der Waals surface area contributed by atoms with E-state index in [2.05, 4.69) is 5.10 Å². The lowest BCUT2D eigenvalue weighted by Gasteiger charge is -2.07. The Hall–Kier alpha value is -1.60. The molecular formula is C11H10N2O3S2. The van der Waals surface area contributed by atoms with E-state index in [9.17, 15) is 9.90 Å². The van der Waals surface area contributed by atoms with Gasteiger partial charge in [0.15, 0.2) is 15.8 Å². The highest BCUT2D eigenvalue weighted by Gasteiger charge is 2.25. The van der Waals surface area contributed by atoms with Gasteiger partial charge in [-0.3, -0.25) is 4.79 Å². The number of thiocarbonyl (C=S) groups is 1. The standard InChI is InChI=1S/C11H10N2O3S2/c1-16-9-4-7(2-3-8(9)14)5-12-13-10(15)6-18-11(13)17/h2-5,14H,6H2,1H3/b12-5-. The van der Waals surface area contributed by atoms with Crippen LogP contribution in [0.4, 0.5) is 0 Å². The number of aromatic hydroxyl groups is 1. The van der Waals surface area contributed by atoms with E-state index < -0.39 is 0 Å². The summed E-state index contributed by atoms with van der Waals surface area (Å²) < 4.78 is 5.42. The van der Waals surface area contributed by atoms with Crippen LogP contribution in [0, 0.1) is 0 Å². The first-order valence-corrected chi connectivity index (χ1v) is 6.42. The van der Waals surface area contributed by atoms with Crippen LogP contribution in [0.5, 0.6) is 11.5 Å². The Morgan fingerprint density at radius 3 is 3.00 bits per heavy atom. The largest absolute Gasteiger partial charge is 0.504 e. The zero-order chi connectivity index (χ0) is 13.1. The smallest absolute Gasteiger partial charge is 0.259 e. The Bertz CT molecular complexity index is 515. The van der Waals surface area contributed by atoms with E-state index >= 15 is 0 Å². The molecule has 2 rings (SSSR count). The Morgan fingerprint density at radius 1 is 1.61 bits per heavy atom. The van der Waals surface area contributed by atoms with Crippen LogP contribution >= 0.6 is 24.0 Å². The molecule has 0 aliphatic carbocycles. The van der Waals surface area contributed by atoms with Gasteiger partial charge < -0.3 is 9.84 Å². The zero-order valence-electron chi connectivity index (χ0n) is 9.49. The minimum absolute atomic E-state index is 0.0537. The molecule has 7 heteroatoms. The molecule has 0 bridgehead atoms. The van der Waals surface area contributed by atoms with Gasteiger partial charge in [0, 0.05) is 0 Å². The SMILES string of the molecule is COc1cc(/C=N\N2C(=O)CSC2=S)ccc1O. The van der Waals surface area contributed by atoms with Gasteiger partial charge >= 0.3 is 0 Å². The predicted molar refractivity (Wildman–Crippen MR) is 74.2 cm³/mol. The van der Waals surface area contributed by atoms with E-state index in [1.807, 2.05) is 0 Å². The van der Waals surface area contributed by atoms with E-state index in [1.54, 1.807) is 12.1 Å². The van der Waals surface area contributed by atoms with E-state index in [0.717, 1.165) is 0 Å². The van der Waals surface area contributed by atoms with Crippen molar-refractivity contribution >= 4 is 40.4 Å². The predicted octanol–water partition coefficient (Wildman–Crippen LogP) is 1.59. The third kappa shape index (κ3) is 2.62. The summed E-state index contributed by atoms with van der Waals surface area (Å²) in [6.07, 6.45) is 1.50. The van der Waals surface area contributed by atoms with Crippen molar-refractivity contribution in [3.8, 4) is 11.5 Å². The van der Waals surface area contributed by atoms with Crippen LogP contribution in [-0.2, 0) is 4.79 Å². The maximum absolute atomic E-state index is 11.4. The van der Waals surface area contributed by atoms with E-state index in [1.165, 1.54) is 36.2 Å². The molecule has 1 aliphatic heterocycles. The minimum Gasteiger partial charge on any atom is -0.504 e. The molecule has 94 valence electrons. The monoisotopic (exact) mass is 282 g/mol. The Balaban J connectivity index is 2.18. The number of methoxy groups -OCH3 is 1. The zero-order valence-corrected chi connectivity index (χ0v) is 11.1. The molecule has 1 fully saturated rings. The van der Waals surface area contributed by atoms with Crippen molar-refractivity contribution in [2.75, 3.05) is 12.9 Å². The molecule has 0 radical (unpaired) electrons. The summed E-state index contributed by atoms with van der Waals surface area (Å²) in [5, 5.41) is 14.7. The van der Waals surface area contributed by atoms with Crippen LogP contribution in [0.2, 0.25) is 0 Å². The lowest BCUT2D eigenvalue weighted by molar-refractivity contribution is -0.123. The van der Waals surface area contributed by atoms with Crippen LogP contribution in [0.1, 0.15) is 5.56 Å². The van der Waals surface area contributed by atoms with Gasteiger partial charge in [-0.2, -0.15) is 10.1 Å². The Kier molecular flexibility index (Phi) is 3.83. The van der Waals surface area contributed by atoms with Crippen LogP contribution in [0.25, 0.3) is 0 Å². The lowest BCUT2D eigenvalue weighted by atomic mass is 10.2. The fraction of sp³-hybridized carbons (Fsp3) is 0.182. The van der Waals surface area contributed by atoms with Crippen molar-refractivity contribution in [2.24, 2.45) is 5.10 Å². The van der Waals surface area contributed by atoms with Crippen LogP contribution < -0.4 is 4.74 Å². The number of hydrogen-bond donors (Lipinski definition) is 1. The summed E-state index contributed by atoms with van der Waals surface area (Å²) in [6, 6.07) is 4.78. The van der Waals surface area contributed by atoms with Crippen molar-refractivity contribution in [1.29, 1.82) is 0 Å². The molecule has 0 aromatic heterocycles. The van der Waals surface area contributed by atoms with Crippen LogP contribution in [0.15, 0.2) is 23.3 Å². The van der Waals surface area contributed by atoms with Gasteiger partial charge in [-0.15, -0.1) is 0 Å². The number of carbonyl (C=O) groups is 1. The molecule has 0 unspecified atom stereocenters. The van der Waals surface area contributed by atoms with E-state index in [-0.39, 0.29) is 11.7 Å². The molecule has 0 atom stereocenters. The summed E-state index contributed by atoms with van der Waals surface area (Å²) in [6.45, 7) is 0. The Labute approximate surface area is 113 Å². The van der Waals surface area contributed by atoms with Gasteiger partial charge in [-0.05, 0) is 23.8 Å². The van der Waals surface area contributed by atoms with E-state index in [0.29, 0.717) is 21.4 Å². The molecule has 1 aliphatic rings. The normalized spacial score (nSPS) is 15.7. The summed E-state index contributed by atoms with van der Waals surface area (Å²) in [5.41, 5.74) is 0.706. The van der Waals surface area contributed by atoms with Gasteiger partial charge in [0.1, 0.15) is 0 Å². The number of ether oxygens (including phenoxy) is 1. The first-order chi connectivity index (χ1) is 8.61. The average molecular weight is 282 g/mol. The Morgan fingerprint density at radius 2 is 2.39 bits per heavy atom. The fourth-order valence-electron chi connectivity index (χ4n) is 1.36. The second-order valence-electron chi connectivity index (χ2n) is 3.44. The second-order valence-corrected chi connectivity index (χ2v) is 5.05. The summed E-state index contributed by atoms with van der Waals surface area (Å²) in [5.74, 6) is 0.600. The number of benzene rings is 1. The number of nitrogens with zero attached hydrogens (tertiary/aromatic N) is 2. The number of phenolic OH excluding ortho intramolecular Hbond substituents is 1. The molecule has 1 saturated heterocycles. The molecule has 1 heterocycles. The van der Waals surface area contributed by atoms with Gasteiger partial charge in [0.2, 0.25) is 0 Å². The number of rotatable bonds is 3. The minimum atomic E-state index is -0.132. The first kappa shape index (κ1) is 12.8. The maximum Gasteiger partial charge on any atom is 0.259 e. The molecule has 1 aromatic rings. The molecule has 5 nitrogen and oxygen atoms in total. The highest BCUT2D eigenvalue weighted by molar-refractivity contribution is 8.23. The third-order valence-corrected chi connectivity index (χ3v) is 3.59. The number of amides is 1. The topological polar surface area (TPSA) is 62.1 Å². The lowest BCUT2D eigenvalue weighted by Crippen LogP contribution is -2.22. The van der Waals surface area contributed by atoms with Crippen molar-refractivity contribution in [3.05, 3.63) is 23.8 Å². The highest BCUT2D eigenvalue weighted by atomic mass is 32.2. The number of hydrogen-bond acceptors (Lipinski definition) is 6. The average Bonchev–Trinajstić information content (AvgIpc) is 2.68. The van der Waals surface area contributed by atoms with Crippen molar-refractivity contribution in [1.82, 2.24) is 5.01 Å². The highest BCUT2D eigenvalue weighted by Crippen LogP contribution is 2.26. The molecule has 1 amide bonds. The van der Waals surface area contributed by atoms with E-state index in [4.69, 9.17) is 17.0 Å².